The number of hydrogen-bond donors (Lipinski definition) is 1. The first-order valence-corrected chi connectivity index (χ1v) is 8.19. The monoisotopic (exact) mass is 334 g/mol. The fourth-order valence-electron chi connectivity index (χ4n) is 2.92. The van der Waals surface area contributed by atoms with Gasteiger partial charge in [-0.25, -0.2) is 0 Å². The van der Waals surface area contributed by atoms with Gasteiger partial charge in [0.1, 0.15) is 5.75 Å². The van der Waals surface area contributed by atoms with E-state index in [4.69, 9.17) is 9.26 Å². The lowest BCUT2D eigenvalue weighted by Crippen LogP contribution is -2.28. The van der Waals surface area contributed by atoms with Crippen LogP contribution in [0.3, 0.4) is 0 Å². The molecule has 0 atom stereocenters. The van der Waals surface area contributed by atoms with Gasteiger partial charge in [0, 0.05) is 23.4 Å². The van der Waals surface area contributed by atoms with Gasteiger partial charge < -0.3 is 14.6 Å². The van der Waals surface area contributed by atoms with Crippen LogP contribution < -0.4 is 10.1 Å². The molecule has 0 radical (unpaired) electrons. The zero-order valence-corrected chi connectivity index (χ0v) is 13.9. The zero-order valence-electron chi connectivity index (χ0n) is 13.9. The van der Waals surface area contributed by atoms with Crippen LogP contribution in [0.15, 0.2) is 65.2 Å². The molecule has 1 aliphatic carbocycles. The van der Waals surface area contributed by atoms with Crippen molar-refractivity contribution in [1.82, 2.24) is 5.16 Å². The summed E-state index contributed by atoms with van der Waals surface area (Å²) in [6.45, 7) is 0. The Hall–Kier alpha value is -3.08. The zero-order chi connectivity index (χ0) is 17.3. The molecule has 1 aliphatic rings. The number of anilines is 1. The lowest BCUT2D eigenvalue weighted by Gasteiger charge is -2.13. The van der Waals surface area contributed by atoms with Gasteiger partial charge in [-0.3, -0.25) is 4.79 Å². The molecular formula is C20H18N2O3. The van der Waals surface area contributed by atoms with Crippen LogP contribution in [-0.2, 0) is 10.2 Å². The smallest absolute Gasteiger partial charge is 0.236 e. The minimum Gasteiger partial charge on any atom is -0.497 e. The Labute approximate surface area is 145 Å². The summed E-state index contributed by atoms with van der Waals surface area (Å²) in [7, 11) is 1.60. The molecule has 1 N–H and O–H groups in total. The van der Waals surface area contributed by atoms with Crippen molar-refractivity contribution in [3.8, 4) is 17.1 Å². The average Bonchev–Trinajstić information content (AvgIpc) is 3.32. The van der Waals surface area contributed by atoms with E-state index < -0.39 is 5.41 Å². The topological polar surface area (TPSA) is 64.4 Å². The van der Waals surface area contributed by atoms with Gasteiger partial charge >= 0.3 is 0 Å². The van der Waals surface area contributed by atoms with E-state index in [1.54, 1.807) is 13.2 Å². The van der Waals surface area contributed by atoms with Gasteiger partial charge in [-0.05, 0) is 25.0 Å². The fraction of sp³-hybridized carbons (Fsp3) is 0.200. The highest BCUT2D eigenvalue weighted by Crippen LogP contribution is 2.49. The minimum atomic E-state index is -0.598. The molecule has 0 saturated heterocycles. The van der Waals surface area contributed by atoms with Crippen LogP contribution in [0.2, 0.25) is 0 Å². The SMILES string of the molecule is COc1cccc(NC(=O)C2(c3cc(-c4ccccc4)on3)CC2)c1. The standard InChI is InChI=1S/C20H18N2O3/c1-24-16-9-5-8-15(12-16)21-19(23)20(10-11-20)18-13-17(25-22-18)14-6-3-2-4-7-14/h2-9,12-13H,10-11H2,1H3,(H,21,23). The van der Waals surface area contributed by atoms with Gasteiger partial charge in [0.15, 0.2) is 5.76 Å². The second kappa shape index (κ2) is 6.09. The van der Waals surface area contributed by atoms with Crippen LogP contribution in [0.1, 0.15) is 18.5 Å². The molecule has 5 nitrogen and oxygen atoms in total. The van der Waals surface area contributed by atoms with Crippen LogP contribution in [0, 0.1) is 0 Å². The summed E-state index contributed by atoms with van der Waals surface area (Å²) in [6, 6.07) is 18.9. The third kappa shape index (κ3) is 2.89. The molecule has 0 bridgehead atoms. The summed E-state index contributed by atoms with van der Waals surface area (Å²) in [4.78, 5) is 12.8. The predicted molar refractivity (Wildman–Crippen MR) is 94.5 cm³/mol. The largest absolute Gasteiger partial charge is 0.497 e. The Kier molecular flexibility index (Phi) is 3.76. The number of ether oxygens (including phenoxy) is 1. The number of nitrogens with zero attached hydrogens (tertiary/aromatic N) is 1. The van der Waals surface area contributed by atoms with Gasteiger partial charge in [0.05, 0.1) is 18.2 Å². The van der Waals surface area contributed by atoms with Crippen molar-refractivity contribution < 1.29 is 14.1 Å². The van der Waals surface area contributed by atoms with Gasteiger partial charge in [0.25, 0.3) is 0 Å². The summed E-state index contributed by atoms with van der Waals surface area (Å²) >= 11 is 0. The number of aromatic nitrogens is 1. The van der Waals surface area contributed by atoms with Crippen molar-refractivity contribution >= 4 is 11.6 Å². The number of methoxy groups -OCH3 is 1. The maximum atomic E-state index is 12.8. The molecule has 0 aliphatic heterocycles. The molecule has 126 valence electrons. The number of hydrogen-bond acceptors (Lipinski definition) is 4. The van der Waals surface area contributed by atoms with Crippen molar-refractivity contribution in [2.24, 2.45) is 0 Å². The van der Waals surface area contributed by atoms with Crippen molar-refractivity contribution in [3.05, 3.63) is 66.4 Å². The maximum absolute atomic E-state index is 12.8. The van der Waals surface area contributed by atoms with E-state index in [9.17, 15) is 4.79 Å². The molecule has 1 heterocycles. The highest BCUT2D eigenvalue weighted by atomic mass is 16.5. The van der Waals surface area contributed by atoms with Crippen molar-refractivity contribution in [2.45, 2.75) is 18.3 Å². The Morgan fingerprint density at radius 1 is 1.12 bits per heavy atom. The number of carbonyl (C=O) groups excluding carboxylic acids is 1. The van der Waals surface area contributed by atoms with Gasteiger partial charge in [0.2, 0.25) is 5.91 Å². The van der Waals surface area contributed by atoms with Crippen LogP contribution in [0.25, 0.3) is 11.3 Å². The molecule has 0 spiro atoms. The molecule has 25 heavy (non-hydrogen) atoms. The lowest BCUT2D eigenvalue weighted by molar-refractivity contribution is -0.118. The molecular weight excluding hydrogens is 316 g/mol. The van der Waals surface area contributed by atoms with E-state index in [-0.39, 0.29) is 5.91 Å². The molecule has 1 aromatic heterocycles. The number of carbonyl (C=O) groups is 1. The summed E-state index contributed by atoms with van der Waals surface area (Å²) in [5.41, 5.74) is 1.75. The molecule has 3 aromatic rings. The van der Waals surface area contributed by atoms with Crippen molar-refractivity contribution in [2.75, 3.05) is 12.4 Å². The van der Waals surface area contributed by atoms with E-state index in [0.717, 1.165) is 18.4 Å². The second-order valence-corrected chi connectivity index (χ2v) is 6.21. The molecule has 1 fully saturated rings. The number of amides is 1. The van der Waals surface area contributed by atoms with Gasteiger partial charge in [-0.1, -0.05) is 41.6 Å². The minimum absolute atomic E-state index is 0.0614. The number of rotatable bonds is 5. The van der Waals surface area contributed by atoms with E-state index >= 15 is 0 Å². The Balaban J connectivity index is 1.56. The van der Waals surface area contributed by atoms with Crippen molar-refractivity contribution in [1.29, 1.82) is 0 Å². The van der Waals surface area contributed by atoms with Crippen LogP contribution in [-0.4, -0.2) is 18.2 Å². The number of benzene rings is 2. The van der Waals surface area contributed by atoms with E-state index in [0.29, 0.717) is 22.9 Å². The van der Waals surface area contributed by atoms with Gasteiger partial charge in [-0.2, -0.15) is 0 Å². The molecule has 5 heteroatoms. The third-order valence-corrected chi connectivity index (χ3v) is 4.57. The van der Waals surface area contributed by atoms with Gasteiger partial charge in [-0.15, -0.1) is 0 Å². The normalized spacial score (nSPS) is 14.8. The third-order valence-electron chi connectivity index (χ3n) is 4.57. The molecule has 2 aromatic carbocycles. The van der Waals surface area contributed by atoms with Crippen LogP contribution >= 0.6 is 0 Å². The second-order valence-electron chi connectivity index (χ2n) is 6.21. The highest BCUT2D eigenvalue weighted by molar-refractivity contribution is 6.01. The van der Waals surface area contributed by atoms with Crippen LogP contribution in [0.5, 0.6) is 5.75 Å². The first kappa shape index (κ1) is 15.4. The molecule has 0 unspecified atom stereocenters. The summed E-state index contributed by atoms with van der Waals surface area (Å²) in [5.74, 6) is 1.32. The predicted octanol–water partition coefficient (Wildman–Crippen LogP) is 4.02. The Morgan fingerprint density at radius 3 is 2.64 bits per heavy atom. The van der Waals surface area contributed by atoms with Crippen molar-refractivity contribution in [3.63, 3.8) is 0 Å². The molecule has 1 saturated carbocycles. The Bertz CT molecular complexity index is 898. The highest BCUT2D eigenvalue weighted by Gasteiger charge is 2.53. The quantitative estimate of drug-likeness (QED) is 0.765. The first-order chi connectivity index (χ1) is 12.2. The maximum Gasteiger partial charge on any atom is 0.236 e. The summed E-state index contributed by atoms with van der Waals surface area (Å²) in [6.07, 6.45) is 1.53. The van der Waals surface area contributed by atoms with E-state index in [1.807, 2.05) is 54.6 Å². The summed E-state index contributed by atoms with van der Waals surface area (Å²) < 4.78 is 10.7. The fourth-order valence-corrected chi connectivity index (χ4v) is 2.92. The lowest BCUT2D eigenvalue weighted by atomic mass is 10.00. The number of nitrogens with one attached hydrogen (secondary N) is 1. The molecule has 1 amide bonds. The van der Waals surface area contributed by atoms with Crippen LogP contribution in [0.4, 0.5) is 5.69 Å². The average molecular weight is 334 g/mol. The van der Waals surface area contributed by atoms with E-state index in [2.05, 4.69) is 10.5 Å². The van der Waals surface area contributed by atoms with E-state index in [1.165, 1.54) is 0 Å². The summed E-state index contributed by atoms with van der Waals surface area (Å²) in [5, 5.41) is 7.13. The first-order valence-electron chi connectivity index (χ1n) is 8.19. The Morgan fingerprint density at radius 2 is 1.92 bits per heavy atom. The molecule has 4 rings (SSSR count).